The molecular weight excluding hydrogens is 338 g/mol. The maximum atomic E-state index is 12.6. The normalized spacial score (nSPS) is 14.9. The molecule has 0 fully saturated rings. The van der Waals surface area contributed by atoms with E-state index >= 15 is 0 Å². The molecule has 0 bridgehead atoms. The number of hydrogen-bond acceptors (Lipinski definition) is 6. The van der Waals surface area contributed by atoms with Crippen molar-refractivity contribution in [1.29, 1.82) is 0 Å². The topological polar surface area (TPSA) is 95.9 Å². The zero-order chi connectivity index (χ0) is 17.0. The molecule has 2 heterocycles. The van der Waals surface area contributed by atoms with Crippen LogP contribution in [0.25, 0.3) is 0 Å². The Morgan fingerprint density at radius 3 is 2.74 bits per heavy atom. The zero-order valence-electron chi connectivity index (χ0n) is 12.8. The van der Waals surface area contributed by atoms with E-state index in [9.17, 15) is 18.0 Å². The van der Waals surface area contributed by atoms with Gasteiger partial charge in [0.25, 0.3) is 5.91 Å². The fourth-order valence-corrected chi connectivity index (χ4v) is 3.30. The second-order valence-electron chi connectivity index (χ2n) is 5.07. The van der Waals surface area contributed by atoms with Crippen molar-refractivity contribution in [2.45, 2.75) is 19.8 Å². The SMILES string of the molecule is CC1=C(C(=O)N(CC(=O)c2cccs2)NS(C)(=O)=O)CCC=N1. The summed E-state index contributed by atoms with van der Waals surface area (Å²) in [5.41, 5.74) is 0.938. The van der Waals surface area contributed by atoms with E-state index in [-0.39, 0.29) is 12.3 Å². The maximum absolute atomic E-state index is 12.6. The number of ketones is 1. The summed E-state index contributed by atoms with van der Waals surface area (Å²) in [4.78, 5) is 31.5. The molecule has 1 aromatic rings. The quantitative estimate of drug-likeness (QED) is 0.615. The predicted molar refractivity (Wildman–Crippen MR) is 88.8 cm³/mol. The molecule has 1 N–H and O–H groups in total. The van der Waals surface area contributed by atoms with Crippen LogP contribution in [-0.4, -0.2) is 44.1 Å². The number of rotatable bonds is 6. The number of carbonyl (C=O) groups is 2. The van der Waals surface area contributed by atoms with Gasteiger partial charge in [0, 0.05) is 17.5 Å². The molecule has 0 radical (unpaired) electrons. The third kappa shape index (κ3) is 4.81. The highest BCUT2D eigenvalue weighted by atomic mass is 32.2. The third-order valence-corrected chi connectivity index (χ3v) is 4.59. The number of amides is 1. The van der Waals surface area contributed by atoms with Gasteiger partial charge in [-0.25, -0.2) is 8.42 Å². The molecule has 1 aromatic heterocycles. The number of nitrogens with one attached hydrogen (secondary N) is 1. The lowest BCUT2D eigenvalue weighted by atomic mass is 10.1. The lowest BCUT2D eigenvalue weighted by Gasteiger charge is -2.24. The number of allylic oxidation sites excluding steroid dienone is 1. The van der Waals surface area contributed by atoms with Gasteiger partial charge in [-0.1, -0.05) is 6.07 Å². The van der Waals surface area contributed by atoms with Gasteiger partial charge >= 0.3 is 0 Å². The molecule has 1 aliphatic heterocycles. The van der Waals surface area contributed by atoms with Gasteiger partial charge in [0.1, 0.15) is 6.54 Å². The van der Waals surface area contributed by atoms with Gasteiger partial charge in [0.2, 0.25) is 10.0 Å². The molecule has 1 amide bonds. The lowest BCUT2D eigenvalue weighted by Crippen LogP contribution is -2.49. The fraction of sp³-hybridized carbons (Fsp3) is 0.357. The summed E-state index contributed by atoms with van der Waals surface area (Å²) in [6, 6.07) is 3.35. The van der Waals surface area contributed by atoms with Gasteiger partial charge in [-0.15, -0.1) is 16.2 Å². The molecule has 2 rings (SSSR count). The molecule has 0 aliphatic carbocycles. The molecule has 7 nitrogen and oxygen atoms in total. The van der Waals surface area contributed by atoms with Gasteiger partial charge in [-0.2, -0.15) is 0 Å². The average molecular weight is 355 g/mol. The first-order valence-corrected chi connectivity index (χ1v) is 9.63. The number of Topliss-reactive ketones (excluding diaryl/α,β-unsaturated/α-hetero) is 1. The molecular formula is C14H17N3O4S2. The number of thiophene rings is 1. The second kappa shape index (κ2) is 7.16. The van der Waals surface area contributed by atoms with Crippen LogP contribution in [0.5, 0.6) is 0 Å². The Balaban J connectivity index is 2.25. The van der Waals surface area contributed by atoms with Crippen molar-refractivity contribution in [1.82, 2.24) is 9.84 Å². The summed E-state index contributed by atoms with van der Waals surface area (Å²) in [5, 5.41) is 2.59. The molecule has 1 aliphatic rings. The second-order valence-corrected chi connectivity index (χ2v) is 7.74. The Hall–Kier alpha value is -1.84. The molecule has 0 aromatic carbocycles. The van der Waals surface area contributed by atoms with E-state index in [1.807, 2.05) is 0 Å². The first kappa shape index (κ1) is 17.5. The number of nitrogens with zero attached hydrogens (tertiary/aromatic N) is 2. The highest BCUT2D eigenvalue weighted by Crippen LogP contribution is 2.19. The summed E-state index contributed by atoms with van der Waals surface area (Å²) >= 11 is 1.24. The Labute approximate surface area is 138 Å². The van der Waals surface area contributed by atoms with Gasteiger partial charge < -0.3 is 0 Å². The van der Waals surface area contributed by atoms with Crippen LogP contribution in [0.1, 0.15) is 29.4 Å². The third-order valence-electron chi connectivity index (χ3n) is 3.12. The van der Waals surface area contributed by atoms with Gasteiger partial charge in [-0.05, 0) is 31.2 Å². The Kier molecular flexibility index (Phi) is 5.45. The van der Waals surface area contributed by atoms with Crippen LogP contribution in [0.3, 0.4) is 0 Å². The van der Waals surface area contributed by atoms with E-state index in [1.165, 1.54) is 11.3 Å². The summed E-state index contributed by atoms with van der Waals surface area (Å²) in [6.45, 7) is 1.32. The Morgan fingerprint density at radius 1 is 1.43 bits per heavy atom. The molecule has 0 saturated carbocycles. The first-order valence-electron chi connectivity index (χ1n) is 6.86. The van der Waals surface area contributed by atoms with Crippen LogP contribution >= 0.6 is 11.3 Å². The largest absolute Gasteiger partial charge is 0.291 e. The average Bonchev–Trinajstić information content (AvgIpc) is 2.99. The highest BCUT2D eigenvalue weighted by Gasteiger charge is 2.26. The van der Waals surface area contributed by atoms with Crippen molar-refractivity contribution in [3.05, 3.63) is 33.7 Å². The molecule has 0 saturated heterocycles. The Bertz CT molecular complexity index is 764. The molecule has 23 heavy (non-hydrogen) atoms. The summed E-state index contributed by atoms with van der Waals surface area (Å²) in [5.74, 6) is -0.878. The number of hydrazine groups is 1. The number of sulfonamides is 1. The van der Waals surface area contributed by atoms with E-state index in [0.29, 0.717) is 29.0 Å². The number of carbonyl (C=O) groups excluding carboxylic acids is 2. The van der Waals surface area contributed by atoms with Gasteiger partial charge in [0.15, 0.2) is 5.78 Å². The summed E-state index contributed by atoms with van der Waals surface area (Å²) in [6.07, 6.45) is 3.70. The molecule has 0 atom stereocenters. The molecule has 0 unspecified atom stereocenters. The summed E-state index contributed by atoms with van der Waals surface area (Å²) < 4.78 is 23.0. The van der Waals surface area contributed by atoms with Crippen molar-refractivity contribution < 1.29 is 18.0 Å². The predicted octanol–water partition coefficient (Wildman–Crippen LogP) is 1.36. The van der Waals surface area contributed by atoms with Crippen LogP contribution in [0, 0.1) is 0 Å². The smallest absolute Gasteiger partial charge is 0.267 e. The Morgan fingerprint density at radius 2 is 2.17 bits per heavy atom. The van der Waals surface area contributed by atoms with Crippen LogP contribution in [-0.2, 0) is 14.8 Å². The molecule has 124 valence electrons. The van der Waals surface area contributed by atoms with Crippen molar-refractivity contribution in [2.75, 3.05) is 12.8 Å². The minimum atomic E-state index is -3.69. The first-order chi connectivity index (χ1) is 10.8. The van der Waals surface area contributed by atoms with Crippen LogP contribution in [0.4, 0.5) is 0 Å². The van der Waals surface area contributed by atoms with Gasteiger partial charge in [0.05, 0.1) is 11.1 Å². The minimum absolute atomic E-state index is 0.331. The van der Waals surface area contributed by atoms with Crippen molar-refractivity contribution >= 4 is 39.3 Å². The van der Waals surface area contributed by atoms with E-state index in [2.05, 4.69) is 9.82 Å². The van der Waals surface area contributed by atoms with E-state index in [1.54, 1.807) is 30.7 Å². The number of hydrogen-bond donors (Lipinski definition) is 1. The monoisotopic (exact) mass is 355 g/mol. The standard InChI is InChI=1S/C14H17N3O4S2/c1-10-11(5-3-7-15-10)14(19)17(16-23(2,20)21)9-12(18)13-6-4-8-22-13/h4,6-8,16H,3,5,9H2,1-2H3. The summed E-state index contributed by atoms with van der Waals surface area (Å²) in [7, 11) is -3.69. The van der Waals surface area contributed by atoms with Crippen molar-refractivity contribution in [3.8, 4) is 0 Å². The van der Waals surface area contributed by atoms with Crippen LogP contribution < -0.4 is 4.83 Å². The van der Waals surface area contributed by atoms with Crippen molar-refractivity contribution in [2.24, 2.45) is 4.99 Å². The van der Waals surface area contributed by atoms with Crippen molar-refractivity contribution in [3.63, 3.8) is 0 Å². The highest BCUT2D eigenvalue weighted by molar-refractivity contribution is 7.88. The zero-order valence-corrected chi connectivity index (χ0v) is 14.4. The fourth-order valence-electron chi connectivity index (χ4n) is 2.10. The van der Waals surface area contributed by atoms with Gasteiger partial charge in [-0.3, -0.25) is 19.6 Å². The van der Waals surface area contributed by atoms with E-state index < -0.39 is 15.9 Å². The van der Waals surface area contributed by atoms with E-state index in [4.69, 9.17) is 0 Å². The number of aliphatic imine (C=N–C) groups is 1. The maximum Gasteiger partial charge on any atom is 0.267 e. The molecule has 9 heteroatoms. The lowest BCUT2D eigenvalue weighted by molar-refractivity contribution is -0.128. The van der Waals surface area contributed by atoms with Crippen LogP contribution in [0.15, 0.2) is 33.8 Å². The minimum Gasteiger partial charge on any atom is -0.291 e. The van der Waals surface area contributed by atoms with Crippen LogP contribution in [0.2, 0.25) is 0 Å². The molecule has 0 spiro atoms. The van der Waals surface area contributed by atoms with E-state index in [0.717, 1.165) is 11.3 Å².